The molecule has 0 aliphatic carbocycles. The second-order valence-corrected chi connectivity index (χ2v) is 22.7. The van der Waals surface area contributed by atoms with Gasteiger partial charge in [-0.25, -0.2) is 0 Å². The van der Waals surface area contributed by atoms with Gasteiger partial charge < -0.3 is 25.6 Å². The molecule has 0 saturated heterocycles. The monoisotopic (exact) mass is 1250 g/mol. The molecule has 0 saturated carbocycles. The van der Waals surface area contributed by atoms with Crippen LogP contribution in [-0.2, 0) is 41.5 Å². The van der Waals surface area contributed by atoms with Gasteiger partial charge in [-0.1, -0.05) is 24.3 Å². The smallest absolute Gasteiger partial charge is 0.425 e. The quantitative estimate of drug-likeness (QED) is 0.0205. The molecular weight excluding hydrogens is 1200 g/mol. The van der Waals surface area contributed by atoms with Gasteiger partial charge in [-0.15, -0.1) is 35.5 Å². The van der Waals surface area contributed by atoms with E-state index < -0.39 is 53.0 Å². The molecule has 448 valence electrons. The van der Waals surface area contributed by atoms with Crippen molar-refractivity contribution in [2.45, 2.75) is 47.5 Å². The van der Waals surface area contributed by atoms with E-state index in [1.165, 1.54) is 0 Å². The summed E-state index contributed by atoms with van der Waals surface area (Å²) in [7, 11) is -14.5. The Balaban J connectivity index is 0.00000139. The lowest BCUT2D eigenvalue weighted by molar-refractivity contribution is 0.102. The minimum absolute atomic E-state index is 0.00151. The van der Waals surface area contributed by atoms with Crippen molar-refractivity contribution in [2.75, 3.05) is 35.8 Å². The van der Waals surface area contributed by atoms with Gasteiger partial charge in [-0.2, -0.15) is 47.5 Å². The van der Waals surface area contributed by atoms with Crippen LogP contribution in [0.1, 0.15) is 51.0 Å². The van der Waals surface area contributed by atoms with Crippen molar-refractivity contribution in [3.8, 4) is 17.2 Å². The zero-order chi connectivity index (χ0) is 62.9. The number of rotatable bonds is 20. The minimum atomic E-state index is -4.23. The van der Waals surface area contributed by atoms with Crippen molar-refractivity contribution >= 4 is 126 Å². The van der Waals surface area contributed by atoms with E-state index >= 15 is 0 Å². The van der Waals surface area contributed by atoms with Crippen LogP contribution < -0.4 is 20.5 Å². The predicted molar refractivity (Wildman–Crippen MR) is 321 cm³/mol. The van der Waals surface area contributed by atoms with Crippen LogP contribution in [0.2, 0.25) is 0 Å². The Morgan fingerprint density at radius 3 is 1.44 bits per heavy atom. The normalized spacial score (nSPS) is 11.7. The third kappa shape index (κ3) is 20.1. The maximum Gasteiger partial charge on any atom is 0.425 e. The number of hydrogen-bond acceptors (Lipinski definition) is 23. The van der Waals surface area contributed by atoms with E-state index in [-0.39, 0.29) is 49.1 Å². The van der Waals surface area contributed by atoms with E-state index in [9.17, 15) is 31.3 Å². The van der Waals surface area contributed by atoms with Crippen molar-refractivity contribution in [3.05, 3.63) is 161 Å². The highest BCUT2D eigenvalue weighted by atomic mass is 32.2. The Hall–Kier alpha value is -9.59. The number of fused-ring (bicyclic) bond motifs is 2. The standard InChI is InChI=1S/C56H54N10O10S2.2O3S/c1-33-26-49(34(2)25-47(33)61-59-43-17-13-38-9-6-10-53(45(38)31-43)75-21-7-23-77(69,70)71)63-65-51-32-54(76-22-8-24-78(72,73)74)52(29-37(51)5)66-64-50-28-35(3)48(27-36(50)4)62-60-46-20-14-40-30-42(18-19-44(40)55(46)67)58-56(68)39-11-15-41(57)16-12-39;2*1-4(2)3/h6,9-20,25-32,67H,7-8,21-24,57H2,1-5H3,(H,58,68)(H,69,70,71)(H,72,73,74);;. The van der Waals surface area contributed by atoms with Crippen molar-refractivity contribution in [2.24, 2.45) is 40.9 Å². The SMILES string of the molecule is Cc1cc(N=Nc2cc(OCCCS(=O)(=O)O)c(N=Nc3cc(C)c(N=Nc4ccc5cc(NC(=O)c6ccc(N)cc6)ccc5c4O)cc3C)cc2C)c(C)cc1N=Nc1ccc2cccc(OCCCS(=O)(=O)O)c2c1.O=S(=O)=O.O=S(=O)=O. The first-order valence-electron chi connectivity index (χ1n) is 25.3. The van der Waals surface area contributed by atoms with E-state index in [0.717, 1.165) is 27.5 Å². The molecule has 0 fully saturated rings. The first-order valence-corrected chi connectivity index (χ1v) is 30.5. The van der Waals surface area contributed by atoms with Crippen molar-refractivity contribution in [1.82, 2.24) is 0 Å². The number of aryl methyl sites for hydroxylation is 5. The van der Waals surface area contributed by atoms with Crippen LogP contribution >= 0.6 is 0 Å². The van der Waals surface area contributed by atoms with Gasteiger partial charge in [0.25, 0.3) is 26.1 Å². The molecule has 8 aromatic rings. The number of anilines is 2. The fourth-order valence-electron chi connectivity index (χ4n) is 7.97. The lowest BCUT2D eigenvalue weighted by Crippen LogP contribution is -2.11. The van der Waals surface area contributed by atoms with Gasteiger partial charge in [-0.3, -0.25) is 13.9 Å². The number of nitrogens with one attached hydrogen (secondary N) is 1. The number of hydrogen-bond donors (Lipinski definition) is 5. The van der Waals surface area contributed by atoms with E-state index in [2.05, 4.69) is 46.2 Å². The summed E-state index contributed by atoms with van der Waals surface area (Å²) in [5, 5.41) is 52.9. The van der Waals surface area contributed by atoms with Gasteiger partial charge in [0.05, 0.1) is 58.8 Å². The van der Waals surface area contributed by atoms with Crippen LogP contribution in [0.25, 0.3) is 21.5 Å². The van der Waals surface area contributed by atoms with Crippen LogP contribution in [0.3, 0.4) is 0 Å². The van der Waals surface area contributed by atoms with Crippen LogP contribution in [0.15, 0.2) is 168 Å². The summed E-state index contributed by atoms with van der Waals surface area (Å²) in [5.41, 5.74) is 14.8. The molecule has 6 N–H and O–H groups in total. The average molecular weight is 1250 g/mol. The van der Waals surface area contributed by atoms with Crippen LogP contribution in [0.4, 0.5) is 56.9 Å². The summed E-state index contributed by atoms with van der Waals surface area (Å²) in [6, 6.07) is 36.8. The summed E-state index contributed by atoms with van der Waals surface area (Å²) < 4.78 is 126. The molecular formula is C56H54N10O16S4. The molecule has 0 bridgehead atoms. The molecule has 0 aromatic heterocycles. The maximum atomic E-state index is 12.8. The number of benzene rings is 8. The van der Waals surface area contributed by atoms with Gasteiger partial charge in [0.1, 0.15) is 22.9 Å². The highest BCUT2D eigenvalue weighted by Gasteiger charge is 2.15. The van der Waals surface area contributed by atoms with Gasteiger partial charge in [0.2, 0.25) is 0 Å². The molecule has 86 heavy (non-hydrogen) atoms. The van der Waals surface area contributed by atoms with Crippen LogP contribution in [0, 0.1) is 34.6 Å². The number of aromatic hydroxyl groups is 1. The van der Waals surface area contributed by atoms with Gasteiger partial charge in [-0.05, 0) is 183 Å². The molecule has 0 radical (unpaired) electrons. The summed E-state index contributed by atoms with van der Waals surface area (Å²) in [4.78, 5) is 12.8. The Bertz CT molecular complexity index is 4430. The number of carbonyl (C=O) groups is 1. The second kappa shape index (κ2) is 29.8. The summed E-state index contributed by atoms with van der Waals surface area (Å²) in [5.74, 6) is -0.495. The number of phenols is 1. The topological polar surface area (TPSA) is 404 Å². The molecule has 0 aliphatic rings. The average Bonchev–Trinajstić information content (AvgIpc) is 1.96. The fourth-order valence-corrected chi connectivity index (χ4v) is 8.93. The van der Waals surface area contributed by atoms with Crippen molar-refractivity contribution in [3.63, 3.8) is 0 Å². The van der Waals surface area contributed by atoms with E-state index in [1.807, 2.05) is 77.1 Å². The van der Waals surface area contributed by atoms with Gasteiger partial charge in [0.15, 0.2) is 5.75 Å². The molecule has 1 amide bonds. The largest absolute Gasteiger partial charge is 0.505 e. The lowest BCUT2D eigenvalue weighted by atomic mass is 10.1. The number of nitrogens with two attached hydrogens (primary N) is 1. The third-order valence-corrected chi connectivity index (χ3v) is 13.8. The predicted octanol–water partition coefficient (Wildman–Crippen LogP) is 13.0. The number of nitrogen functional groups attached to an aromatic ring is 1. The Morgan fingerprint density at radius 2 is 0.930 bits per heavy atom. The van der Waals surface area contributed by atoms with Gasteiger partial charge in [0, 0.05) is 33.8 Å². The zero-order valence-electron chi connectivity index (χ0n) is 46.3. The molecule has 0 spiro atoms. The van der Waals surface area contributed by atoms with Crippen LogP contribution in [-0.4, -0.2) is 86.9 Å². The number of azo groups is 4. The third-order valence-electron chi connectivity index (χ3n) is 12.2. The number of phenolic OH excluding ortho intramolecular Hbond substituents is 1. The lowest BCUT2D eigenvalue weighted by Gasteiger charge is -2.11. The molecule has 30 heteroatoms. The van der Waals surface area contributed by atoms with Gasteiger partial charge >= 0.3 is 21.2 Å². The van der Waals surface area contributed by atoms with E-state index in [0.29, 0.717) is 84.4 Å². The van der Waals surface area contributed by atoms with E-state index in [4.69, 9.17) is 45.0 Å². The number of amides is 1. The second-order valence-electron chi connectivity index (χ2n) is 18.7. The molecule has 0 unspecified atom stereocenters. The fraction of sp³-hybridized carbons (Fsp3) is 0.196. The molecule has 0 atom stereocenters. The highest BCUT2D eigenvalue weighted by molar-refractivity contribution is 7.86. The van der Waals surface area contributed by atoms with E-state index in [1.54, 1.807) is 84.9 Å². The Labute approximate surface area is 495 Å². The first-order chi connectivity index (χ1) is 40.6. The van der Waals surface area contributed by atoms with Crippen molar-refractivity contribution < 1.29 is 70.6 Å². The number of carbonyl (C=O) groups excluding carboxylic acids is 1. The number of nitrogens with zero attached hydrogens (tertiary/aromatic N) is 8. The first kappa shape index (κ1) is 65.6. The maximum absolute atomic E-state index is 12.8. The molecule has 8 rings (SSSR count). The molecule has 26 nitrogen and oxygen atoms in total. The zero-order valence-corrected chi connectivity index (χ0v) is 49.6. The Morgan fingerprint density at radius 1 is 0.488 bits per heavy atom. The Kier molecular flexibility index (Phi) is 22.7. The number of ether oxygens (including phenoxy) is 2. The minimum Gasteiger partial charge on any atom is -0.505 e. The molecule has 0 heterocycles. The summed E-state index contributed by atoms with van der Waals surface area (Å²) in [6.07, 6.45) is 0.124. The van der Waals surface area contributed by atoms with Crippen molar-refractivity contribution in [1.29, 1.82) is 0 Å². The molecule has 0 aliphatic heterocycles. The van der Waals surface area contributed by atoms with Crippen LogP contribution in [0.5, 0.6) is 17.2 Å². The molecule has 8 aromatic carbocycles. The summed E-state index contributed by atoms with van der Waals surface area (Å²) >= 11 is 0. The highest BCUT2D eigenvalue weighted by Crippen LogP contribution is 2.41. The summed E-state index contributed by atoms with van der Waals surface area (Å²) in [6.45, 7) is 9.27.